The fourth-order valence-electron chi connectivity index (χ4n) is 2.20. The van der Waals surface area contributed by atoms with Crippen LogP contribution in [0.15, 0.2) is 29.2 Å². The van der Waals surface area contributed by atoms with Gasteiger partial charge in [0.25, 0.3) is 0 Å². The SMILES string of the molecule is CN1CCN(S(=O)(=O)CCNS(=O)(=O)c2ccc(F)cc2)CC1. The number of sulfonamides is 2. The first-order valence-corrected chi connectivity index (χ1v) is 10.2. The highest BCUT2D eigenvalue weighted by atomic mass is 32.2. The lowest BCUT2D eigenvalue weighted by Gasteiger charge is -2.31. The highest BCUT2D eigenvalue weighted by Crippen LogP contribution is 2.10. The molecule has 0 aliphatic carbocycles. The zero-order valence-corrected chi connectivity index (χ0v) is 14.4. The second kappa shape index (κ2) is 7.22. The van der Waals surface area contributed by atoms with E-state index in [0.29, 0.717) is 26.2 Å². The third-order valence-corrected chi connectivity index (χ3v) is 6.98. The van der Waals surface area contributed by atoms with Gasteiger partial charge in [0, 0.05) is 32.7 Å². The second-order valence-corrected chi connectivity index (χ2v) is 9.23. The maximum atomic E-state index is 12.8. The third-order valence-electron chi connectivity index (χ3n) is 3.63. The van der Waals surface area contributed by atoms with Crippen molar-refractivity contribution in [2.24, 2.45) is 0 Å². The van der Waals surface area contributed by atoms with E-state index in [1.54, 1.807) is 0 Å². The average Bonchev–Trinajstić information content (AvgIpc) is 2.47. The fraction of sp³-hybridized carbons (Fsp3) is 0.538. The Balaban J connectivity index is 1.92. The first kappa shape index (κ1) is 18.3. The summed E-state index contributed by atoms with van der Waals surface area (Å²) in [4.78, 5) is 1.93. The standard InChI is InChI=1S/C13H20FN3O4S2/c1-16-7-9-17(10-8-16)22(18,19)11-6-15-23(20,21)13-4-2-12(14)3-5-13/h2-5,15H,6-11H2,1H3. The monoisotopic (exact) mass is 365 g/mol. The minimum absolute atomic E-state index is 0.101. The van der Waals surface area contributed by atoms with Crippen LogP contribution in [0, 0.1) is 5.82 Å². The number of hydrogen-bond donors (Lipinski definition) is 1. The van der Waals surface area contributed by atoms with E-state index in [4.69, 9.17) is 0 Å². The van der Waals surface area contributed by atoms with Crippen molar-refractivity contribution in [1.29, 1.82) is 0 Å². The van der Waals surface area contributed by atoms with E-state index >= 15 is 0 Å². The quantitative estimate of drug-likeness (QED) is 0.747. The third kappa shape index (κ3) is 4.95. The molecule has 0 aromatic heterocycles. The molecule has 0 spiro atoms. The predicted molar refractivity (Wildman–Crippen MR) is 84.4 cm³/mol. The van der Waals surface area contributed by atoms with Crippen molar-refractivity contribution in [1.82, 2.24) is 13.9 Å². The molecule has 1 N–H and O–H groups in total. The average molecular weight is 365 g/mol. The molecule has 1 fully saturated rings. The van der Waals surface area contributed by atoms with E-state index in [-0.39, 0.29) is 17.2 Å². The number of rotatable bonds is 6. The van der Waals surface area contributed by atoms with Gasteiger partial charge in [-0.25, -0.2) is 25.9 Å². The molecule has 0 radical (unpaired) electrons. The molecular weight excluding hydrogens is 345 g/mol. The number of halogens is 1. The van der Waals surface area contributed by atoms with E-state index in [9.17, 15) is 21.2 Å². The van der Waals surface area contributed by atoms with Crippen LogP contribution in [-0.2, 0) is 20.0 Å². The molecular formula is C13H20FN3O4S2. The molecule has 1 saturated heterocycles. The molecule has 0 amide bonds. The van der Waals surface area contributed by atoms with Crippen LogP contribution in [-0.4, -0.2) is 71.6 Å². The minimum Gasteiger partial charge on any atom is -0.304 e. The van der Waals surface area contributed by atoms with Crippen molar-refractivity contribution >= 4 is 20.0 Å². The lowest BCUT2D eigenvalue weighted by Crippen LogP contribution is -2.48. The van der Waals surface area contributed by atoms with E-state index in [2.05, 4.69) is 4.72 Å². The molecule has 0 bridgehead atoms. The smallest absolute Gasteiger partial charge is 0.240 e. The maximum Gasteiger partial charge on any atom is 0.240 e. The Morgan fingerprint density at radius 2 is 1.61 bits per heavy atom. The van der Waals surface area contributed by atoms with Gasteiger partial charge in [0.15, 0.2) is 0 Å². The first-order valence-electron chi connectivity index (χ1n) is 7.12. The summed E-state index contributed by atoms with van der Waals surface area (Å²) < 4.78 is 64.8. The zero-order valence-electron chi connectivity index (χ0n) is 12.8. The van der Waals surface area contributed by atoms with Gasteiger partial charge in [-0.2, -0.15) is 4.31 Å². The van der Waals surface area contributed by atoms with Gasteiger partial charge < -0.3 is 4.90 Å². The van der Waals surface area contributed by atoms with Crippen molar-refractivity contribution in [3.63, 3.8) is 0 Å². The lowest BCUT2D eigenvalue weighted by atomic mass is 10.4. The molecule has 0 saturated carbocycles. The minimum atomic E-state index is -3.85. The first-order chi connectivity index (χ1) is 10.7. The Morgan fingerprint density at radius 1 is 1.04 bits per heavy atom. The van der Waals surface area contributed by atoms with Crippen molar-refractivity contribution in [3.05, 3.63) is 30.1 Å². The van der Waals surface area contributed by atoms with E-state index in [0.717, 1.165) is 24.3 Å². The summed E-state index contributed by atoms with van der Waals surface area (Å²) >= 11 is 0. The van der Waals surface area contributed by atoms with Gasteiger partial charge in [0.2, 0.25) is 20.0 Å². The van der Waals surface area contributed by atoms with Gasteiger partial charge in [-0.05, 0) is 31.3 Å². The molecule has 0 unspecified atom stereocenters. The van der Waals surface area contributed by atoms with Crippen molar-refractivity contribution in [2.45, 2.75) is 4.90 Å². The summed E-state index contributed by atoms with van der Waals surface area (Å²) in [7, 11) is -5.43. The molecule has 2 rings (SSSR count). The summed E-state index contributed by atoms with van der Waals surface area (Å²) in [6, 6.07) is 4.34. The molecule has 1 heterocycles. The number of hydrogen-bond acceptors (Lipinski definition) is 5. The molecule has 1 aromatic carbocycles. The van der Waals surface area contributed by atoms with Crippen molar-refractivity contribution < 1.29 is 21.2 Å². The van der Waals surface area contributed by atoms with Crippen LogP contribution >= 0.6 is 0 Å². The molecule has 10 heteroatoms. The van der Waals surface area contributed by atoms with Gasteiger partial charge in [-0.1, -0.05) is 0 Å². The highest BCUT2D eigenvalue weighted by molar-refractivity contribution is 7.90. The maximum absolute atomic E-state index is 12.8. The Hall–Kier alpha value is -1.07. The molecule has 1 aliphatic rings. The predicted octanol–water partition coefficient (Wildman–Crippen LogP) is -0.319. The van der Waals surface area contributed by atoms with Gasteiger partial charge >= 0.3 is 0 Å². The molecule has 23 heavy (non-hydrogen) atoms. The van der Waals surface area contributed by atoms with Gasteiger partial charge in [-0.15, -0.1) is 0 Å². The molecule has 7 nitrogen and oxygen atoms in total. The fourth-order valence-corrected chi connectivity index (χ4v) is 4.70. The normalized spacial score (nSPS) is 18.2. The van der Waals surface area contributed by atoms with Crippen LogP contribution in [0.5, 0.6) is 0 Å². The Kier molecular flexibility index (Phi) is 5.74. The van der Waals surface area contributed by atoms with E-state index in [1.807, 2.05) is 11.9 Å². The Labute approximate surface area is 136 Å². The number of benzene rings is 1. The van der Waals surface area contributed by atoms with Crippen molar-refractivity contribution in [2.75, 3.05) is 45.5 Å². The lowest BCUT2D eigenvalue weighted by molar-refractivity contribution is 0.222. The molecule has 1 aliphatic heterocycles. The largest absolute Gasteiger partial charge is 0.304 e. The highest BCUT2D eigenvalue weighted by Gasteiger charge is 2.26. The van der Waals surface area contributed by atoms with Crippen molar-refractivity contribution in [3.8, 4) is 0 Å². The zero-order chi connectivity index (χ0) is 17.1. The summed E-state index contributed by atoms with van der Waals surface area (Å²) in [5.41, 5.74) is 0. The van der Waals surface area contributed by atoms with Gasteiger partial charge in [-0.3, -0.25) is 0 Å². The number of likely N-dealkylation sites (N-methyl/N-ethyl adjacent to an activating group) is 1. The Morgan fingerprint density at radius 3 is 2.17 bits per heavy atom. The van der Waals surface area contributed by atoms with Crippen LogP contribution in [0.2, 0.25) is 0 Å². The summed E-state index contributed by atoms with van der Waals surface area (Å²) in [6.45, 7) is 1.89. The topological polar surface area (TPSA) is 86.8 Å². The van der Waals surface area contributed by atoms with E-state index < -0.39 is 25.9 Å². The van der Waals surface area contributed by atoms with Crippen LogP contribution in [0.3, 0.4) is 0 Å². The van der Waals surface area contributed by atoms with Gasteiger partial charge in [0.05, 0.1) is 10.6 Å². The van der Waals surface area contributed by atoms with Crippen LogP contribution in [0.1, 0.15) is 0 Å². The van der Waals surface area contributed by atoms with Crippen LogP contribution < -0.4 is 4.72 Å². The molecule has 0 atom stereocenters. The summed E-state index contributed by atoms with van der Waals surface area (Å²) in [5, 5.41) is 0. The number of nitrogens with zero attached hydrogens (tertiary/aromatic N) is 2. The number of piperazine rings is 1. The second-order valence-electron chi connectivity index (χ2n) is 5.37. The van der Waals surface area contributed by atoms with Crippen LogP contribution in [0.4, 0.5) is 4.39 Å². The molecule has 1 aromatic rings. The van der Waals surface area contributed by atoms with E-state index in [1.165, 1.54) is 4.31 Å². The molecule has 130 valence electrons. The van der Waals surface area contributed by atoms with Gasteiger partial charge in [0.1, 0.15) is 5.82 Å². The summed E-state index contributed by atoms with van der Waals surface area (Å²) in [6.07, 6.45) is 0. The number of nitrogens with one attached hydrogen (secondary N) is 1. The van der Waals surface area contributed by atoms with Crippen LogP contribution in [0.25, 0.3) is 0 Å². The summed E-state index contributed by atoms with van der Waals surface area (Å²) in [5.74, 6) is -0.849. The Bertz CT molecular complexity index is 727.